The van der Waals surface area contributed by atoms with Crippen molar-refractivity contribution < 1.29 is 35.6 Å². The number of unbranched alkanes of at least 4 members (excludes halogenated alkanes) is 2. The molecule has 0 bridgehead atoms. The number of aromatic amines is 1. The Morgan fingerprint density at radius 3 is 1.64 bits per heavy atom. The molecule has 0 fully saturated rings. The van der Waals surface area contributed by atoms with Gasteiger partial charge < -0.3 is 24.9 Å². The molecular formula is C45H46N6O8S2. The minimum absolute atomic E-state index is 0.00439. The summed E-state index contributed by atoms with van der Waals surface area (Å²) in [5.74, 6) is -1.17. The minimum Gasteiger partial charge on any atom is -0.451 e. The second-order valence-corrected chi connectivity index (χ2v) is 18.3. The van der Waals surface area contributed by atoms with Gasteiger partial charge in [-0.05, 0) is 72.5 Å². The number of nitrogens with one attached hydrogen (secondary N) is 3. The average Bonchev–Trinajstić information content (AvgIpc) is 3.98. The fraction of sp³-hybridized carbons (Fsp3) is 0.222. The Morgan fingerprint density at radius 2 is 1.15 bits per heavy atom. The number of carbonyl (C=O) groups excluding carboxylic acids is 3. The first-order valence-corrected chi connectivity index (χ1v) is 22.7. The van der Waals surface area contributed by atoms with Crippen molar-refractivity contribution in [3.63, 3.8) is 0 Å². The van der Waals surface area contributed by atoms with Crippen molar-refractivity contribution in [1.29, 1.82) is 0 Å². The molecule has 2 aliphatic rings. The lowest BCUT2D eigenvalue weighted by Gasteiger charge is -2.16. The monoisotopic (exact) mass is 862 g/mol. The van der Waals surface area contributed by atoms with Crippen LogP contribution < -0.4 is 10.6 Å². The summed E-state index contributed by atoms with van der Waals surface area (Å²) in [6.07, 6.45) is 4.58. The number of hydrogen-bond acceptors (Lipinski definition) is 10. The fourth-order valence-corrected chi connectivity index (χ4v) is 10.5. The molecule has 16 heteroatoms. The van der Waals surface area contributed by atoms with Crippen LogP contribution in [0.25, 0.3) is 31.7 Å². The Balaban J connectivity index is 0.000000186. The van der Waals surface area contributed by atoms with Crippen LogP contribution in [0.4, 0.5) is 11.4 Å². The molecule has 2 aliphatic heterocycles. The van der Waals surface area contributed by atoms with Gasteiger partial charge in [0.15, 0.2) is 5.76 Å². The molecule has 3 N–H and O–H groups in total. The van der Waals surface area contributed by atoms with Crippen LogP contribution in [0.15, 0.2) is 131 Å². The maximum absolute atomic E-state index is 13.3. The molecule has 0 saturated heterocycles. The van der Waals surface area contributed by atoms with E-state index in [9.17, 15) is 31.2 Å². The number of carbonyl (C=O) groups is 3. The molecule has 0 radical (unpaired) electrons. The van der Waals surface area contributed by atoms with Crippen molar-refractivity contribution in [1.82, 2.24) is 18.5 Å². The number of amides is 3. The summed E-state index contributed by atoms with van der Waals surface area (Å²) in [4.78, 5) is 43.0. The van der Waals surface area contributed by atoms with Gasteiger partial charge in [0.05, 0.1) is 0 Å². The lowest BCUT2D eigenvalue weighted by molar-refractivity contribution is -0.122. The van der Waals surface area contributed by atoms with Gasteiger partial charge in [0.2, 0.25) is 0 Å². The molecule has 2 aromatic heterocycles. The normalized spacial score (nSPS) is 15.7. The topological polar surface area (TPSA) is 182 Å². The second-order valence-electron chi connectivity index (χ2n) is 14.7. The largest absolute Gasteiger partial charge is 0.451 e. The standard InChI is InChI=1S/C24H25N3O5S.C21H21N3O3S/c1-4-5-13-27-24(29)21(22(33(27,30)31)16-9-7-6-8-10-16)25-18-11-12-19-17(14-18)15-20(32-19)23(28)26(2)3;1-2-3-13-24-21(25)19(20(28(24,26)27)15-7-5-4-6-8-15)23-17-9-10-18-16(14-17)11-12-22-18/h6-12,14-15,25H,4-5,13H2,1-3H3;4-12,14,22-23H,2-3,13H2,1H3. The quantitative estimate of drug-likeness (QED) is 0.104. The highest BCUT2D eigenvalue weighted by Gasteiger charge is 2.45. The molecule has 0 atom stereocenters. The Kier molecular flexibility index (Phi) is 12.2. The van der Waals surface area contributed by atoms with Gasteiger partial charge in [-0.3, -0.25) is 14.4 Å². The van der Waals surface area contributed by atoms with E-state index in [1.165, 1.54) is 4.90 Å². The van der Waals surface area contributed by atoms with Crippen LogP contribution in [-0.4, -0.2) is 80.2 Å². The number of benzene rings is 4. The first kappa shape index (κ1) is 42.5. The predicted octanol–water partition coefficient (Wildman–Crippen LogP) is 7.81. The minimum atomic E-state index is -4.00. The summed E-state index contributed by atoms with van der Waals surface area (Å²) in [6, 6.07) is 31.6. The molecule has 6 aromatic rings. The van der Waals surface area contributed by atoms with E-state index >= 15 is 0 Å². The molecule has 0 saturated carbocycles. The Hall–Kier alpha value is -6.65. The molecule has 3 amide bonds. The van der Waals surface area contributed by atoms with E-state index in [1.807, 2.05) is 50.4 Å². The SMILES string of the molecule is CCCCN1C(=O)C(Nc2ccc3[nH]ccc3c2)=C(c2ccccc2)S1(=O)=O.CCCCN1C(=O)C(Nc2ccc3oc(C(=O)N(C)C)cc3c2)=C(c2ccccc2)S1(=O)=O. The lowest BCUT2D eigenvalue weighted by Crippen LogP contribution is -2.33. The van der Waals surface area contributed by atoms with Crippen molar-refractivity contribution in [2.24, 2.45) is 0 Å². The molecule has 0 spiro atoms. The zero-order valence-corrected chi connectivity index (χ0v) is 35.8. The predicted molar refractivity (Wildman–Crippen MR) is 238 cm³/mol. The van der Waals surface area contributed by atoms with Crippen LogP contribution in [0.5, 0.6) is 0 Å². The zero-order chi connectivity index (χ0) is 43.5. The molecule has 0 aliphatic carbocycles. The summed E-state index contributed by atoms with van der Waals surface area (Å²) in [5.41, 5.74) is 3.70. The Bertz CT molecular complexity index is 2920. The first-order valence-electron chi connectivity index (χ1n) is 19.9. The van der Waals surface area contributed by atoms with E-state index in [0.717, 1.165) is 32.4 Å². The molecule has 4 aromatic carbocycles. The summed E-state index contributed by atoms with van der Waals surface area (Å²) in [7, 11) is -4.64. The zero-order valence-electron chi connectivity index (χ0n) is 34.1. The van der Waals surface area contributed by atoms with Crippen molar-refractivity contribution in [2.45, 2.75) is 39.5 Å². The van der Waals surface area contributed by atoms with Crippen LogP contribution in [0, 0.1) is 0 Å². The smallest absolute Gasteiger partial charge is 0.289 e. The van der Waals surface area contributed by atoms with Crippen molar-refractivity contribution >= 4 is 80.8 Å². The van der Waals surface area contributed by atoms with E-state index in [1.54, 1.807) is 93.0 Å². The molecule has 4 heterocycles. The van der Waals surface area contributed by atoms with Gasteiger partial charge in [0.1, 0.15) is 26.8 Å². The molecule has 0 unspecified atom stereocenters. The number of furan rings is 1. The van der Waals surface area contributed by atoms with Gasteiger partial charge in [0.25, 0.3) is 37.8 Å². The first-order chi connectivity index (χ1) is 29.3. The highest BCUT2D eigenvalue weighted by Crippen LogP contribution is 2.38. The van der Waals surface area contributed by atoms with Crippen LogP contribution in [0.3, 0.4) is 0 Å². The van der Waals surface area contributed by atoms with Crippen LogP contribution in [-0.2, 0) is 29.6 Å². The number of hydrogen-bond donors (Lipinski definition) is 3. The van der Waals surface area contributed by atoms with Gasteiger partial charge in [-0.25, -0.2) is 25.4 Å². The van der Waals surface area contributed by atoms with Crippen LogP contribution in [0.2, 0.25) is 0 Å². The van der Waals surface area contributed by atoms with Crippen molar-refractivity contribution in [2.75, 3.05) is 37.8 Å². The van der Waals surface area contributed by atoms with Gasteiger partial charge in [-0.2, -0.15) is 0 Å². The maximum atomic E-state index is 13.3. The third-order valence-corrected chi connectivity index (χ3v) is 13.9. The third-order valence-electron chi connectivity index (χ3n) is 10.2. The Labute approximate surface area is 354 Å². The lowest BCUT2D eigenvalue weighted by atomic mass is 10.1. The summed E-state index contributed by atoms with van der Waals surface area (Å²) >= 11 is 0. The van der Waals surface area contributed by atoms with E-state index in [4.69, 9.17) is 4.42 Å². The van der Waals surface area contributed by atoms with E-state index < -0.39 is 31.9 Å². The molecule has 61 heavy (non-hydrogen) atoms. The number of sulfonamides is 2. The number of rotatable bonds is 13. The molecule has 14 nitrogen and oxygen atoms in total. The molecular weight excluding hydrogens is 817 g/mol. The number of fused-ring (bicyclic) bond motifs is 2. The number of aromatic nitrogens is 1. The van der Waals surface area contributed by atoms with Crippen molar-refractivity contribution in [3.8, 4) is 0 Å². The Morgan fingerprint density at radius 1 is 0.656 bits per heavy atom. The number of anilines is 2. The van der Waals surface area contributed by atoms with E-state index in [-0.39, 0.29) is 46.0 Å². The van der Waals surface area contributed by atoms with Gasteiger partial charge in [0, 0.05) is 61.0 Å². The average molecular weight is 863 g/mol. The van der Waals surface area contributed by atoms with E-state index in [2.05, 4.69) is 15.6 Å². The number of nitrogens with zero attached hydrogens (tertiary/aromatic N) is 3. The second kappa shape index (κ2) is 17.5. The third kappa shape index (κ3) is 8.41. The van der Waals surface area contributed by atoms with E-state index in [0.29, 0.717) is 46.3 Å². The van der Waals surface area contributed by atoms with Gasteiger partial charge in [-0.15, -0.1) is 0 Å². The maximum Gasteiger partial charge on any atom is 0.289 e. The highest BCUT2D eigenvalue weighted by atomic mass is 32.2. The van der Waals surface area contributed by atoms with Gasteiger partial charge >= 0.3 is 0 Å². The number of H-pyrrole nitrogens is 1. The summed E-state index contributed by atoms with van der Waals surface area (Å²) in [6.45, 7) is 4.20. The fourth-order valence-electron chi connectivity index (χ4n) is 7.04. The summed E-state index contributed by atoms with van der Waals surface area (Å²) < 4.78 is 60.5. The highest BCUT2D eigenvalue weighted by molar-refractivity contribution is 8.00. The summed E-state index contributed by atoms with van der Waals surface area (Å²) in [5, 5.41) is 7.74. The van der Waals surface area contributed by atoms with Crippen molar-refractivity contribution in [3.05, 3.63) is 144 Å². The molecule has 8 rings (SSSR count). The van der Waals surface area contributed by atoms with Crippen LogP contribution in [0.1, 0.15) is 61.2 Å². The van der Waals surface area contributed by atoms with Gasteiger partial charge in [-0.1, -0.05) is 87.4 Å². The molecule has 316 valence electrons. The van der Waals surface area contributed by atoms with Crippen LogP contribution >= 0.6 is 0 Å².